The van der Waals surface area contributed by atoms with Crippen molar-refractivity contribution < 1.29 is 4.79 Å². The maximum absolute atomic E-state index is 12.4. The number of aromatic nitrogens is 2. The molecule has 0 aliphatic rings. The molecular formula is C18H18ClN3O. The number of rotatable bonds is 4. The first-order valence-corrected chi connectivity index (χ1v) is 7.99. The van der Waals surface area contributed by atoms with Crippen molar-refractivity contribution in [3.8, 4) is 0 Å². The number of nitrogens with zero attached hydrogens (tertiary/aromatic N) is 2. The number of benzene rings is 2. The van der Waals surface area contributed by atoms with Crippen LogP contribution in [0.3, 0.4) is 0 Å². The van der Waals surface area contributed by atoms with Crippen molar-refractivity contribution in [3.63, 3.8) is 0 Å². The highest BCUT2D eigenvalue weighted by Gasteiger charge is 2.18. The van der Waals surface area contributed by atoms with Gasteiger partial charge in [-0.3, -0.25) is 4.79 Å². The van der Waals surface area contributed by atoms with Crippen molar-refractivity contribution in [2.75, 3.05) is 0 Å². The number of nitrogens with one attached hydrogen (secondary N) is 1. The van der Waals surface area contributed by atoms with E-state index in [4.69, 9.17) is 11.6 Å². The summed E-state index contributed by atoms with van der Waals surface area (Å²) in [7, 11) is 0. The standard InChI is InChI=1S/C18H18ClN3O/c1-3-22-16-10-5-4-9-15(16)21-17(22)12(2)20-18(23)13-7-6-8-14(19)11-13/h4-12H,3H2,1-2H3,(H,20,23). The third kappa shape index (κ3) is 3.08. The highest BCUT2D eigenvalue weighted by Crippen LogP contribution is 2.21. The number of carbonyl (C=O) groups is 1. The lowest BCUT2D eigenvalue weighted by Gasteiger charge is -2.15. The number of hydrogen-bond acceptors (Lipinski definition) is 2. The van der Waals surface area contributed by atoms with Crippen LogP contribution in [0.15, 0.2) is 48.5 Å². The Kier molecular flexibility index (Phi) is 4.35. The van der Waals surface area contributed by atoms with Gasteiger partial charge in [-0.2, -0.15) is 0 Å². The Morgan fingerprint density at radius 3 is 2.78 bits per heavy atom. The number of imidazole rings is 1. The van der Waals surface area contributed by atoms with E-state index >= 15 is 0 Å². The van der Waals surface area contributed by atoms with Crippen molar-refractivity contribution in [1.29, 1.82) is 0 Å². The molecule has 0 aliphatic carbocycles. The van der Waals surface area contributed by atoms with Gasteiger partial charge in [0.1, 0.15) is 5.82 Å². The summed E-state index contributed by atoms with van der Waals surface area (Å²) in [6, 6.07) is 14.7. The third-order valence-corrected chi connectivity index (χ3v) is 4.06. The van der Waals surface area contributed by atoms with E-state index < -0.39 is 0 Å². The van der Waals surface area contributed by atoms with E-state index in [1.54, 1.807) is 24.3 Å². The minimum absolute atomic E-state index is 0.158. The van der Waals surface area contributed by atoms with E-state index in [2.05, 4.69) is 21.8 Å². The Morgan fingerprint density at radius 1 is 1.26 bits per heavy atom. The SMILES string of the molecule is CCn1c(C(C)NC(=O)c2cccc(Cl)c2)nc2ccccc21. The largest absolute Gasteiger partial charge is 0.342 e. The summed E-state index contributed by atoms with van der Waals surface area (Å²) in [5.74, 6) is 0.693. The Hall–Kier alpha value is -2.33. The molecule has 4 nitrogen and oxygen atoms in total. The average Bonchev–Trinajstić information content (AvgIpc) is 2.93. The number of fused-ring (bicyclic) bond motifs is 1. The Labute approximate surface area is 140 Å². The van der Waals surface area contributed by atoms with Crippen LogP contribution in [-0.4, -0.2) is 15.5 Å². The fraction of sp³-hybridized carbons (Fsp3) is 0.222. The normalized spacial score (nSPS) is 12.3. The van der Waals surface area contributed by atoms with Crippen LogP contribution in [0.5, 0.6) is 0 Å². The van der Waals surface area contributed by atoms with Gasteiger partial charge in [0.15, 0.2) is 0 Å². The molecule has 1 N–H and O–H groups in total. The van der Waals surface area contributed by atoms with Gasteiger partial charge in [0.2, 0.25) is 0 Å². The third-order valence-electron chi connectivity index (χ3n) is 3.82. The molecule has 1 unspecified atom stereocenters. The topological polar surface area (TPSA) is 46.9 Å². The first-order chi connectivity index (χ1) is 11.1. The number of aryl methyl sites for hydroxylation is 1. The van der Waals surface area contributed by atoms with Crippen LogP contribution >= 0.6 is 11.6 Å². The minimum Gasteiger partial charge on any atom is -0.342 e. The van der Waals surface area contributed by atoms with Gasteiger partial charge in [-0.05, 0) is 44.2 Å². The van der Waals surface area contributed by atoms with Crippen molar-refractivity contribution in [1.82, 2.24) is 14.9 Å². The van der Waals surface area contributed by atoms with Crippen LogP contribution in [-0.2, 0) is 6.54 Å². The van der Waals surface area contributed by atoms with Gasteiger partial charge < -0.3 is 9.88 Å². The molecule has 0 fully saturated rings. The van der Waals surface area contributed by atoms with Crippen LogP contribution in [0.4, 0.5) is 0 Å². The van der Waals surface area contributed by atoms with Gasteiger partial charge >= 0.3 is 0 Å². The molecule has 118 valence electrons. The molecular weight excluding hydrogens is 310 g/mol. The summed E-state index contributed by atoms with van der Waals surface area (Å²) in [6.45, 7) is 4.81. The summed E-state index contributed by atoms with van der Waals surface area (Å²) in [6.07, 6.45) is 0. The zero-order valence-electron chi connectivity index (χ0n) is 13.1. The van der Waals surface area contributed by atoms with Gasteiger partial charge in [0, 0.05) is 17.1 Å². The van der Waals surface area contributed by atoms with E-state index in [1.807, 2.05) is 31.2 Å². The van der Waals surface area contributed by atoms with Crippen molar-refractivity contribution in [2.45, 2.75) is 26.4 Å². The smallest absolute Gasteiger partial charge is 0.251 e. The van der Waals surface area contributed by atoms with Crippen LogP contribution in [0, 0.1) is 0 Å². The molecule has 1 atom stereocenters. The van der Waals surface area contributed by atoms with Crippen molar-refractivity contribution in [2.24, 2.45) is 0 Å². The molecule has 0 saturated carbocycles. The average molecular weight is 328 g/mol. The van der Waals surface area contributed by atoms with E-state index in [0.29, 0.717) is 10.6 Å². The van der Waals surface area contributed by atoms with Crippen molar-refractivity contribution >= 4 is 28.5 Å². The lowest BCUT2D eigenvalue weighted by atomic mass is 10.2. The lowest BCUT2D eigenvalue weighted by Crippen LogP contribution is -2.28. The van der Waals surface area contributed by atoms with E-state index in [-0.39, 0.29) is 11.9 Å². The predicted octanol–water partition coefficient (Wildman–Crippen LogP) is 4.20. The fourth-order valence-electron chi connectivity index (χ4n) is 2.73. The molecule has 1 heterocycles. The van der Waals surface area contributed by atoms with E-state index in [9.17, 15) is 4.79 Å². The lowest BCUT2D eigenvalue weighted by molar-refractivity contribution is 0.0937. The van der Waals surface area contributed by atoms with E-state index in [0.717, 1.165) is 23.4 Å². The number of para-hydroxylation sites is 2. The highest BCUT2D eigenvalue weighted by atomic mass is 35.5. The molecule has 0 saturated heterocycles. The Balaban J connectivity index is 1.88. The zero-order chi connectivity index (χ0) is 16.4. The highest BCUT2D eigenvalue weighted by molar-refractivity contribution is 6.30. The molecule has 0 aliphatic heterocycles. The van der Waals surface area contributed by atoms with Gasteiger partial charge in [0.25, 0.3) is 5.91 Å². The van der Waals surface area contributed by atoms with Crippen LogP contribution in [0.1, 0.15) is 36.1 Å². The van der Waals surface area contributed by atoms with Crippen molar-refractivity contribution in [3.05, 3.63) is 64.9 Å². The monoisotopic (exact) mass is 327 g/mol. The van der Waals surface area contributed by atoms with E-state index in [1.165, 1.54) is 0 Å². The minimum atomic E-state index is -0.200. The summed E-state index contributed by atoms with van der Waals surface area (Å²) < 4.78 is 2.12. The molecule has 0 radical (unpaired) electrons. The molecule has 3 aromatic rings. The summed E-state index contributed by atoms with van der Waals surface area (Å²) in [4.78, 5) is 17.1. The van der Waals surface area contributed by atoms with Crippen LogP contribution in [0.25, 0.3) is 11.0 Å². The number of carbonyl (C=O) groups excluding carboxylic acids is 1. The Bertz CT molecular complexity index is 856. The molecule has 0 bridgehead atoms. The zero-order valence-corrected chi connectivity index (χ0v) is 13.8. The van der Waals surface area contributed by atoms with Gasteiger partial charge in [-0.25, -0.2) is 4.98 Å². The first kappa shape index (κ1) is 15.6. The fourth-order valence-corrected chi connectivity index (χ4v) is 2.92. The first-order valence-electron chi connectivity index (χ1n) is 7.61. The van der Waals surface area contributed by atoms with Gasteiger partial charge in [-0.15, -0.1) is 0 Å². The molecule has 3 rings (SSSR count). The predicted molar refractivity (Wildman–Crippen MR) is 92.7 cm³/mol. The molecule has 2 aromatic carbocycles. The van der Waals surface area contributed by atoms with Crippen LogP contribution < -0.4 is 5.32 Å². The summed E-state index contributed by atoms with van der Waals surface area (Å²) >= 11 is 5.95. The maximum Gasteiger partial charge on any atom is 0.251 e. The van der Waals surface area contributed by atoms with Gasteiger partial charge in [-0.1, -0.05) is 29.8 Å². The molecule has 0 spiro atoms. The molecule has 5 heteroatoms. The number of hydrogen-bond donors (Lipinski definition) is 1. The Morgan fingerprint density at radius 2 is 2.04 bits per heavy atom. The van der Waals surface area contributed by atoms with Crippen LogP contribution in [0.2, 0.25) is 5.02 Å². The van der Waals surface area contributed by atoms with Gasteiger partial charge in [0.05, 0.1) is 17.1 Å². The molecule has 1 aromatic heterocycles. The number of amides is 1. The second-order valence-electron chi connectivity index (χ2n) is 5.41. The molecule has 1 amide bonds. The number of halogens is 1. The second-order valence-corrected chi connectivity index (χ2v) is 5.84. The molecule has 23 heavy (non-hydrogen) atoms. The summed E-state index contributed by atoms with van der Waals surface area (Å²) in [5, 5.41) is 3.54. The second kappa shape index (κ2) is 6.42. The summed E-state index contributed by atoms with van der Waals surface area (Å²) in [5.41, 5.74) is 2.56. The maximum atomic E-state index is 12.4. The quantitative estimate of drug-likeness (QED) is 0.780.